The molecular formula is C11H10F4N2O2. The molecule has 0 aromatic heterocycles. The lowest BCUT2D eigenvalue weighted by atomic mass is 10.1. The van der Waals surface area contributed by atoms with E-state index in [2.05, 4.69) is 5.32 Å². The number of alkyl halides is 3. The molecule has 1 fully saturated rings. The molecule has 1 aromatic rings. The van der Waals surface area contributed by atoms with E-state index in [1.54, 1.807) is 0 Å². The van der Waals surface area contributed by atoms with Gasteiger partial charge in [-0.3, -0.25) is 10.1 Å². The van der Waals surface area contributed by atoms with Crippen molar-refractivity contribution >= 4 is 11.4 Å². The molecule has 0 amide bonds. The van der Waals surface area contributed by atoms with Crippen molar-refractivity contribution in [2.24, 2.45) is 0 Å². The molecule has 0 radical (unpaired) electrons. The molecule has 8 heteroatoms. The molecule has 0 atom stereocenters. The number of aryl methyl sites for hydroxylation is 1. The molecule has 1 aromatic carbocycles. The SMILES string of the molecule is Cc1cc(NC2(C(F)(F)F)CC2)c([N+](=O)[O-])cc1F. The fourth-order valence-electron chi connectivity index (χ4n) is 1.78. The zero-order valence-electron chi connectivity index (χ0n) is 9.84. The number of nitro benzene ring substituents is 1. The Bertz CT molecular complexity index is 538. The first kappa shape index (κ1) is 13.6. The van der Waals surface area contributed by atoms with Crippen LogP contribution in [0.1, 0.15) is 18.4 Å². The lowest BCUT2D eigenvalue weighted by Crippen LogP contribution is -2.38. The van der Waals surface area contributed by atoms with Gasteiger partial charge in [-0.2, -0.15) is 13.2 Å². The van der Waals surface area contributed by atoms with Gasteiger partial charge in [0, 0.05) is 0 Å². The van der Waals surface area contributed by atoms with Gasteiger partial charge in [0.15, 0.2) is 0 Å². The smallest absolute Gasteiger partial charge is 0.366 e. The molecule has 104 valence electrons. The molecule has 1 N–H and O–H groups in total. The van der Waals surface area contributed by atoms with Crippen LogP contribution in [0, 0.1) is 22.9 Å². The minimum absolute atomic E-state index is 0.0473. The van der Waals surface area contributed by atoms with Crippen LogP contribution in [0.4, 0.5) is 28.9 Å². The van der Waals surface area contributed by atoms with Crippen molar-refractivity contribution in [2.75, 3.05) is 5.32 Å². The summed E-state index contributed by atoms with van der Waals surface area (Å²) < 4.78 is 51.6. The molecule has 0 heterocycles. The number of anilines is 1. The van der Waals surface area contributed by atoms with Crippen LogP contribution < -0.4 is 5.32 Å². The lowest BCUT2D eigenvalue weighted by Gasteiger charge is -2.22. The maximum absolute atomic E-state index is 13.2. The van der Waals surface area contributed by atoms with Gasteiger partial charge < -0.3 is 5.32 Å². The zero-order chi connectivity index (χ0) is 14.4. The van der Waals surface area contributed by atoms with E-state index in [9.17, 15) is 27.7 Å². The molecule has 0 saturated heterocycles. The summed E-state index contributed by atoms with van der Waals surface area (Å²) in [6.07, 6.45) is -4.79. The number of halogens is 4. The van der Waals surface area contributed by atoms with E-state index in [0.29, 0.717) is 6.07 Å². The van der Waals surface area contributed by atoms with Gasteiger partial charge in [-0.1, -0.05) is 0 Å². The molecule has 1 aliphatic rings. The Labute approximate surface area is 105 Å². The summed E-state index contributed by atoms with van der Waals surface area (Å²) >= 11 is 0. The van der Waals surface area contributed by atoms with E-state index in [-0.39, 0.29) is 24.1 Å². The minimum Gasteiger partial charge on any atom is -0.366 e. The fraction of sp³-hybridized carbons (Fsp3) is 0.455. The average molecular weight is 278 g/mol. The number of nitro groups is 1. The number of benzene rings is 1. The molecule has 0 unspecified atom stereocenters. The predicted molar refractivity (Wildman–Crippen MR) is 59.4 cm³/mol. The number of hydrogen-bond donors (Lipinski definition) is 1. The van der Waals surface area contributed by atoms with Gasteiger partial charge in [-0.05, 0) is 31.4 Å². The largest absolute Gasteiger partial charge is 0.411 e. The lowest BCUT2D eigenvalue weighted by molar-refractivity contribution is -0.384. The van der Waals surface area contributed by atoms with E-state index in [4.69, 9.17) is 0 Å². The maximum atomic E-state index is 13.2. The highest BCUT2D eigenvalue weighted by Crippen LogP contribution is 2.52. The van der Waals surface area contributed by atoms with Crippen molar-refractivity contribution < 1.29 is 22.5 Å². The quantitative estimate of drug-likeness (QED) is 0.522. The normalized spacial score (nSPS) is 17.1. The summed E-state index contributed by atoms with van der Waals surface area (Å²) in [7, 11) is 0. The van der Waals surface area contributed by atoms with E-state index >= 15 is 0 Å². The molecule has 0 aliphatic heterocycles. The van der Waals surface area contributed by atoms with Crippen LogP contribution in [0.3, 0.4) is 0 Å². The predicted octanol–water partition coefficient (Wildman–Crippen LogP) is 3.55. The molecule has 0 bridgehead atoms. The van der Waals surface area contributed by atoms with Crippen molar-refractivity contribution in [3.05, 3.63) is 33.6 Å². The Morgan fingerprint density at radius 1 is 1.37 bits per heavy atom. The topological polar surface area (TPSA) is 55.2 Å². The number of nitrogens with one attached hydrogen (secondary N) is 1. The number of hydrogen-bond acceptors (Lipinski definition) is 3. The first-order valence-corrected chi connectivity index (χ1v) is 5.46. The Hall–Kier alpha value is -1.86. The highest BCUT2D eigenvalue weighted by atomic mass is 19.4. The monoisotopic (exact) mass is 278 g/mol. The van der Waals surface area contributed by atoms with E-state index in [1.165, 1.54) is 6.92 Å². The fourth-order valence-corrected chi connectivity index (χ4v) is 1.78. The molecule has 1 saturated carbocycles. The van der Waals surface area contributed by atoms with Gasteiger partial charge in [0.2, 0.25) is 0 Å². The van der Waals surface area contributed by atoms with Crippen molar-refractivity contribution in [1.82, 2.24) is 0 Å². The summed E-state index contributed by atoms with van der Waals surface area (Å²) in [6, 6.07) is 1.66. The van der Waals surface area contributed by atoms with Crippen LogP contribution in [0.25, 0.3) is 0 Å². The average Bonchev–Trinajstić information content (AvgIpc) is 3.03. The van der Waals surface area contributed by atoms with Gasteiger partial charge in [0.25, 0.3) is 5.69 Å². The van der Waals surface area contributed by atoms with Crippen molar-refractivity contribution in [3.63, 3.8) is 0 Å². The Morgan fingerprint density at radius 3 is 2.37 bits per heavy atom. The van der Waals surface area contributed by atoms with E-state index in [0.717, 1.165) is 6.07 Å². The molecular weight excluding hydrogens is 268 g/mol. The third kappa shape index (κ3) is 2.34. The Balaban J connectivity index is 2.40. The highest BCUT2D eigenvalue weighted by molar-refractivity contribution is 5.65. The summed E-state index contributed by atoms with van der Waals surface area (Å²) in [6.45, 7) is 1.33. The standard InChI is InChI=1S/C11H10F4N2O2/c1-6-4-8(9(17(18)19)5-7(6)12)16-10(2-3-10)11(13,14)15/h4-5,16H,2-3H2,1H3. The van der Waals surface area contributed by atoms with Crippen molar-refractivity contribution in [2.45, 2.75) is 31.5 Å². The van der Waals surface area contributed by atoms with Crippen LogP contribution in [0.15, 0.2) is 12.1 Å². The maximum Gasteiger partial charge on any atom is 0.411 e. The summed E-state index contributed by atoms with van der Waals surface area (Å²) in [5, 5.41) is 12.9. The third-order valence-corrected chi connectivity index (χ3v) is 3.14. The van der Waals surface area contributed by atoms with Crippen LogP contribution in [-0.2, 0) is 0 Å². The van der Waals surface area contributed by atoms with E-state index in [1.807, 2.05) is 0 Å². The molecule has 19 heavy (non-hydrogen) atoms. The van der Waals surface area contributed by atoms with Gasteiger partial charge in [-0.25, -0.2) is 4.39 Å². The van der Waals surface area contributed by atoms with E-state index < -0.39 is 28.1 Å². The molecule has 2 rings (SSSR count). The van der Waals surface area contributed by atoms with Crippen LogP contribution in [0.2, 0.25) is 0 Å². The highest BCUT2D eigenvalue weighted by Gasteiger charge is 2.64. The second-order valence-corrected chi connectivity index (χ2v) is 4.58. The third-order valence-electron chi connectivity index (χ3n) is 3.14. The summed E-state index contributed by atoms with van der Waals surface area (Å²) in [5.41, 5.74) is -3.08. The van der Waals surface area contributed by atoms with Crippen LogP contribution in [-0.4, -0.2) is 16.6 Å². The molecule has 0 spiro atoms. The Kier molecular flexibility index (Phi) is 2.91. The Morgan fingerprint density at radius 2 is 1.95 bits per heavy atom. The molecule has 1 aliphatic carbocycles. The number of nitrogens with zero attached hydrogens (tertiary/aromatic N) is 1. The van der Waals surface area contributed by atoms with Gasteiger partial charge in [0.05, 0.1) is 11.0 Å². The summed E-state index contributed by atoms with van der Waals surface area (Å²) in [4.78, 5) is 9.85. The first-order chi connectivity index (χ1) is 8.66. The second-order valence-electron chi connectivity index (χ2n) is 4.58. The van der Waals surface area contributed by atoms with Gasteiger partial charge in [-0.15, -0.1) is 0 Å². The second kappa shape index (κ2) is 4.07. The van der Waals surface area contributed by atoms with Crippen molar-refractivity contribution in [1.29, 1.82) is 0 Å². The van der Waals surface area contributed by atoms with Crippen molar-refractivity contribution in [3.8, 4) is 0 Å². The number of rotatable bonds is 3. The summed E-state index contributed by atoms with van der Waals surface area (Å²) in [5.74, 6) is -0.825. The van der Waals surface area contributed by atoms with Gasteiger partial charge in [0.1, 0.15) is 17.0 Å². The van der Waals surface area contributed by atoms with Gasteiger partial charge >= 0.3 is 6.18 Å². The first-order valence-electron chi connectivity index (χ1n) is 5.46. The zero-order valence-corrected chi connectivity index (χ0v) is 9.84. The van der Waals surface area contributed by atoms with Crippen LogP contribution in [0.5, 0.6) is 0 Å². The minimum atomic E-state index is -4.50. The van der Waals surface area contributed by atoms with Crippen LogP contribution >= 0.6 is 0 Å². The molecule has 4 nitrogen and oxygen atoms in total.